The number of halogens is 6. The SMILES string of the molecule is C.COc1ncnc(C2CC2)c1-c1ncc2cnn(Cc3ccc(-c4nc(C(F)(F)F)cn4C4CC4)cc3)c2n1.COc1ncnc(C2CC2)c1-c1ncc2cnn(Cc3ccc(-c4ncc(C(F)(F)F)[nH]4)cc3)c2n1.OB(O)C1CC1. The first-order valence-corrected chi connectivity index (χ1v) is 26.1. The van der Waals surface area contributed by atoms with Gasteiger partial charge in [-0.3, -0.25) is 0 Å². The summed E-state index contributed by atoms with van der Waals surface area (Å²) in [6, 6.07) is 14.5. The minimum Gasteiger partial charge on any atom is -0.480 e. The fourth-order valence-electron chi connectivity index (χ4n) is 9.29. The number of benzene rings is 2. The average Bonchev–Trinajstić information content (AvgIpc) is 4.50. The van der Waals surface area contributed by atoms with Crippen molar-refractivity contribution in [3.8, 4) is 57.3 Å². The predicted molar refractivity (Wildman–Crippen MR) is 288 cm³/mol. The number of nitrogens with zero attached hydrogens (tertiary/aromatic N) is 15. The van der Waals surface area contributed by atoms with Crippen molar-refractivity contribution in [2.45, 2.75) is 108 Å². The van der Waals surface area contributed by atoms with Crippen LogP contribution in [0, 0.1) is 0 Å². The van der Waals surface area contributed by atoms with Gasteiger partial charge in [-0.15, -0.1) is 0 Å². The Balaban J connectivity index is 0.000000155. The van der Waals surface area contributed by atoms with E-state index < -0.39 is 30.9 Å². The normalized spacial score (nSPS) is 15.1. The molecule has 10 aromatic rings. The Hall–Kier alpha value is -8.72. The van der Waals surface area contributed by atoms with Crippen LogP contribution in [0.25, 0.3) is 67.6 Å². The van der Waals surface area contributed by atoms with Gasteiger partial charge in [-0.25, -0.2) is 59.2 Å². The molecule has 0 spiro atoms. The molecular weight excluding hydrogens is 1070 g/mol. The molecule has 20 nitrogen and oxygen atoms in total. The van der Waals surface area contributed by atoms with Crippen molar-refractivity contribution in [1.29, 1.82) is 0 Å². The van der Waals surface area contributed by atoms with E-state index >= 15 is 0 Å². The standard InChI is InChI=1S/C27H23F3N8O.C24H19F3N8O.C3H7BO2.CH4/c1-39-26-21(22(16-6-7-16)32-14-33-26)23-31-10-18-11-34-38(25(18)36-23)12-15-2-4-17(5-3-15)24-35-20(27(28,29)30)13-37(24)19-8-9-19;1-36-23-18(19(14-6-7-14)30-12-31-23)21-28-8-16-9-32-35(22(16)34-21)11-13-2-4-15(5-3-13)20-29-10-17(33-20)24(25,26)27;5-4(6)3-1-2-3;/h2-5,10-11,13-14,16,19H,6-9,12H2,1H3;2-5,8-10,12,14H,6-7,11H2,1H3,(H,29,33);3,5-6H,1-2H2;1H4. The quantitative estimate of drug-likeness (QED) is 0.0677. The van der Waals surface area contributed by atoms with Gasteiger partial charge in [0, 0.05) is 47.6 Å². The van der Waals surface area contributed by atoms with Crippen molar-refractivity contribution in [3.63, 3.8) is 0 Å². The van der Waals surface area contributed by atoms with Gasteiger partial charge in [-0.05, 0) is 55.5 Å². The maximum atomic E-state index is 13.3. The number of methoxy groups -OCH3 is 2. The Morgan fingerprint density at radius 1 is 0.585 bits per heavy atom. The minimum absolute atomic E-state index is 0. The van der Waals surface area contributed by atoms with Crippen LogP contribution >= 0.6 is 0 Å². The number of hydrogen-bond donors (Lipinski definition) is 3. The number of imidazole rings is 2. The number of fused-ring (bicyclic) bond motifs is 2. The summed E-state index contributed by atoms with van der Waals surface area (Å²) >= 11 is 0. The Morgan fingerprint density at radius 2 is 1.09 bits per heavy atom. The third-order valence-corrected chi connectivity index (χ3v) is 14.2. The van der Waals surface area contributed by atoms with E-state index in [-0.39, 0.29) is 25.1 Å². The fraction of sp³-hybridized carbons (Fsp3) is 0.345. The lowest BCUT2D eigenvalue weighted by atomic mass is 9.84. The van der Waals surface area contributed by atoms with Crippen LogP contribution in [0.4, 0.5) is 26.3 Å². The van der Waals surface area contributed by atoms with Crippen molar-refractivity contribution in [3.05, 3.63) is 132 Å². The average molecular weight is 1130 g/mol. The van der Waals surface area contributed by atoms with Gasteiger partial charge in [0.2, 0.25) is 11.8 Å². The smallest absolute Gasteiger partial charge is 0.454 e. The van der Waals surface area contributed by atoms with Gasteiger partial charge in [0.15, 0.2) is 28.6 Å². The second-order valence-electron chi connectivity index (χ2n) is 20.3. The van der Waals surface area contributed by atoms with E-state index in [1.165, 1.54) is 12.7 Å². The number of ether oxygens (including phenoxy) is 2. The number of hydrogen-bond acceptors (Lipinski definition) is 16. The van der Waals surface area contributed by atoms with E-state index in [1.807, 2.05) is 24.3 Å². The largest absolute Gasteiger partial charge is 0.480 e. The van der Waals surface area contributed by atoms with Crippen LogP contribution in [0.5, 0.6) is 11.8 Å². The highest BCUT2D eigenvalue weighted by Gasteiger charge is 2.38. The van der Waals surface area contributed by atoms with Crippen LogP contribution in [0.15, 0.2) is 98.4 Å². The van der Waals surface area contributed by atoms with E-state index in [2.05, 4.69) is 55.1 Å². The molecule has 0 amide bonds. The van der Waals surface area contributed by atoms with E-state index in [4.69, 9.17) is 29.5 Å². The van der Waals surface area contributed by atoms with E-state index in [0.717, 1.165) is 97.0 Å². The lowest BCUT2D eigenvalue weighted by molar-refractivity contribution is -0.141. The van der Waals surface area contributed by atoms with Gasteiger partial charge < -0.3 is 29.1 Å². The molecule has 8 aromatic heterocycles. The zero-order valence-electron chi connectivity index (χ0n) is 43.4. The molecule has 8 heterocycles. The Labute approximate surface area is 464 Å². The van der Waals surface area contributed by atoms with Crippen LogP contribution in [-0.2, 0) is 25.4 Å². The maximum Gasteiger partial charge on any atom is 0.454 e. The molecule has 2 aromatic carbocycles. The second kappa shape index (κ2) is 22.3. The summed E-state index contributed by atoms with van der Waals surface area (Å²) in [6.45, 7) is 0.826. The molecule has 0 bridgehead atoms. The number of aromatic nitrogens is 16. The number of alkyl halides is 6. The van der Waals surface area contributed by atoms with E-state index in [9.17, 15) is 26.3 Å². The van der Waals surface area contributed by atoms with Crippen molar-refractivity contribution < 1.29 is 45.9 Å². The van der Waals surface area contributed by atoms with Gasteiger partial charge in [0.1, 0.15) is 41.1 Å². The molecule has 0 saturated heterocycles. The number of rotatable bonds is 14. The Kier molecular flexibility index (Phi) is 15.0. The highest BCUT2D eigenvalue weighted by atomic mass is 19.4. The third kappa shape index (κ3) is 11.9. The molecule has 4 fully saturated rings. The lowest BCUT2D eigenvalue weighted by Crippen LogP contribution is -2.09. The number of nitrogens with one attached hydrogen (secondary N) is 1. The molecule has 4 aliphatic carbocycles. The Bertz CT molecular complexity index is 3890. The molecule has 14 rings (SSSR count). The van der Waals surface area contributed by atoms with Crippen LogP contribution in [0.2, 0.25) is 5.82 Å². The lowest BCUT2D eigenvalue weighted by Gasteiger charge is -2.11. The maximum absolute atomic E-state index is 13.3. The zero-order valence-corrected chi connectivity index (χ0v) is 43.4. The highest BCUT2D eigenvalue weighted by Crippen LogP contribution is 2.47. The summed E-state index contributed by atoms with van der Waals surface area (Å²) in [5, 5.41) is 27.0. The second-order valence-corrected chi connectivity index (χ2v) is 20.3. The summed E-state index contributed by atoms with van der Waals surface area (Å²) in [5.74, 6) is 3.22. The summed E-state index contributed by atoms with van der Waals surface area (Å²) in [5.41, 5.74) is 5.71. The van der Waals surface area contributed by atoms with Crippen molar-refractivity contribution in [2.24, 2.45) is 0 Å². The van der Waals surface area contributed by atoms with Gasteiger partial charge in [0.05, 0.1) is 68.1 Å². The van der Waals surface area contributed by atoms with Crippen LogP contribution in [0.3, 0.4) is 0 Å². The molecule has 4 aliphatic rings. The van der Waals surface area contributed by atoms with E-state index in [0.29, 0.717) is 87.7 Å². The van der Waals surface area contributed by atoms with Crippen LogP contribution in [-0.4, -0.2) is 110 Å². The summed E-state index contributed by atoms with van der Waals surface area (Å²) in [4.78, 5) is 46.2. The van der Waals surface area contributed by atoms with Gasteiger partial charge in [-0.1, -0.05) is 68.8 Å². The third-order valence-electron chi connectivity index (χ3n) is 14.2. The molecule has 0 unspecified atom stereocenters. The molecule has 3 N–H and O–H groups in total. The number of aromatic amines is 1. The molecule has 0 radical (unpaired) electrons. The Morgan fingerprint density at radius 3 is 1.49 bits per heavy atom. The molecule has 27 heteroatoms. The summed E-state index contributed by atoms with van der Waals surface area (Å²) in [6.07, 6.45) is 10.7. The zero-order chi connectivity index (χ0) is 56.2. The van der Waals surface area contributed by atoms with Crippen LogP contribution < -0.4 is 9.47 Å². The van der Waals surface area contributed by atoms with Crippen molar-refractivity contribution >= 4 is 29.2 Å². The monoisotopic (exact) mass is 1130 g/mol. The first-order chi connectivity index (χ1) is 39.1. The van der Waals surface area contributed by atoms with Crippen molar-refractivity contribution in [2.75, 3.05) is 14.2 Å². The highest BCUT2D eigenvalue weighted by molar-refractivity contribution is 6.44. The van der Waals surface area contributed by atoms with Crippen LogP contribution in [0.1, 0.15) is 111 Å². The number of H-pyrrole nitrogens is 1. The van der Waals surface area contributed by atoms with Gasteiger partial charge in [-0.2, -0.15) is 36.5 Å². The molecular formula is C55H53BF6N16O4. The minimum atomic E-state index is -4.48. The first-order valence-electron chi connectivity index (χ1n) is 26.1. The van der Waals surface area contributed by atoms with Gasteiger partial charge in [0.25, 0.3) is 0 Å². The summed E-state index contributed by atoms with van der Waals surface area (Å²) in [7, 11) is 2.09. The summed E-state index contributed by atoms with van der Waals surface area (Å²) < 4.78 is 94.7. The molecule has 82 heavy (non-hydrogen) atoms. The molecule has 0 atom stereocenters. The van der Waals surface area contributed by atoms with Crippen molar-refractivity contribution in [1.82, 2.24) is 79.0 Å². The van der Waals surface area contributed by atoms with Gasteiger partial charge >= 0.3 is 19.5 Å². The topological polar surface area (TPSA) is 244 Å². The molecule has 4 saturated carbocycles. The van der Waals surface area contributed by atoms with E-state index in [1.54, 1.807) is 77.2 Å². The molecule has 0 aliphatic heterocycles. The first kappa shape index (κ1) is 55.2. The predicted octanol–water partition coefficient (Wildman–Crippen LogP) is 10.3. The fourth-order valence-corrected chi connectivity index (χ4v) is 9.29. The molecule has 422 valence electrons.